The van der Waals surface area contributed by atoms with Gasteiger partial charge < -0.3 is 4.74 Å². The van der Waals surface area contributed by atoms with E-state index in [1.807, 2.05) is 6.92 Å². The molecule has 0 saturated carbocycles. The third-order valence-electron chi connectivity index (χ3n) is 2.25. The Morgan fingerprint density at radius 1 is 1.41 bits per heavy atom. The molecule has 0 saturated heterocycles. The fourth-order valence-corrected chi connectivity index (χ4v) is 2.01. The van der Waals surface area contributed by atoms with Crippen LogP contribution >= 0.6 is 15.9 Å². The van der Waals surface area contributed by atoms with Gasteiger partial charge in [0.2, 0.25) is 0 Å². The first kappa shape index (κ1) is 14.0. The molecule has 0 aliphatic carbocycles. The van der Waals surface area contributed by atoms with Crippen molar-refractivity contribution < 1.29 is 9.66 Å². The molecule has 94 valence electrons. The summed E-state index contributed by atoms with van der Waals surface area (Å²) in [6.45, 7) is 6.11. The fourth-order valence-electron chi connectivity index (χ4n) is 1.66. The Bertz CT molecular complexity index is 407. The number of ether oxygens (including phenoxy) is 1. The maximum atomic E-state index is 10.9. The molecule has 0 aromatic heterocycles. The van der Waals surface area contributed by atoms with E-state index in [0.717, 1.165) is 6.42 Å². The topological polar surface area (TPSA) is 52.4 Å². The van der Waals surface area contributed by atoms with Crippen LogP contribution in [0.3, 0.4) is 0 Å². The summed E-state index contributed by atoms with van der Waals surface area (Å²) in [6, 6.07) is 4.82. The molecule has 4 nitrogen and oxygen atoms in total. The summed E-state index contributed by atoms with van der Waals surface area (Å²) in [5.41, 5.74) is -0.00465. The molecule has 0 amide bonds. The van der Waals surface area contributed by atoms with E-state index < -0.39 is 4.92 Å². The molecule has 0 aliphatic heterocycles. The average Bonchev–Trinajstić information content (AvgIpc) is 2.19. The largest absolute Gasteiger partial charge is 0.484 e. The summed E-state index contributed by atoms with van der Waals surface area (Å²) in [5, 5.41) is 10.9. The predicted octanol–water partition coefficient (Wildman–Crippen LogP) is 4.17. The lowest BCUT2D eigenvalue weighted by molar-refractivity contribution is -0.386. The van der Waals surface area contributed by atoms with E-state index in [1.165, 1.54) is 6.07 Å². The van der Waals surface area contributed by atoms with Crippen LogP contribution in [0.2, 0.25) is 0 Å². The monoisotopic (exact) mass is 301 g/mol. The van der Waals surface area contributed by atoms with Crippen LogP contribution in [0.25, 0.3) is 0 Å². The minimum atomic E-state index is -0.428. The van der Waals surface area contributed by atoms with Crippen molar-refractivity contribution in [3.05, 3.63) is 32.8 Å². The Hall–Kier alpha value is -1.10. The lowest BCUT2D eigenvalue weighted by atomic mass is 10.1. The molecule has 5 heteroatoms. The highest BCUT2D eigenvalue weighted by Crippen LogP contribution is 2.31. The van der Waals surface area contributed by atoms with Gasteiger partial charge in [0.25, 0.3) is 0 Å². The molecule has 17 heavy (non-hydrogen) atoms. The third-order valence-corrected chi connectivity index (χ3v) is 2.74. The second-order valence-corrected chi connectivity index (χ2v) is 5.34. The summed E-state index contributed by atoms with van der Waals surface area (Å²) in [4.78, 5) is 10.5. The molecule has 0 aliphatic rings. The van der Waals surface area contributed by atoms with E-state index in [-0.39, 0.29) is 11.8 Å². The predicted molar refractivity (Wildman–Crippen MR) is 70.3 cm³/mol. The van der Waals surface area contributed by atoms with Gasteiger partial charge in [0.1, 0.15) is 0 Å². The zero-order valence-corrected chi connectivity index (χ0v) is 11.7. The van der Waals surface area contributed by atoms with Crippen molar-refractivity contribution in [2.24, 2.45) is 5.92 Å². The number of hydrogen-bond donors (Lipinski definition) is 0. The summed E-state index contributed by atoms with van der Waals surface area (Å²) in [5.74, 6) is 0.825. The Morgan fingerprint density at radius 3 is 2.59 bits per heavy atom. The maximum Gasteiger partial charge on any atom is 0.312 e. The van der Waals surface area contributed by atoms with E-state index >= 15 is 0 Å². The van der Waals surface area contributed by atoms with Gasteiger partial charge >= 0.3 is 5.69 Å². The quantitative estimate of drug-likeness (QED) is 0.606. The van der Waals surface area contributed by atoms with Crippen molar-refractivity contribution in [1.29, 1.82) is 0 Å². The summed E-state index contributed by atoms with van der Waals surface area (Å²) in [6.07, 6.45) is 0.836. The van der Waals surface area contributed by atoms with Gasteiger partial charge in [-0.05, 0) is 31.4 Å². The van der Waals surface area contributed by atoms with E-state index in [4.69, 9.17) is 4.74 Å². The van der Waals surface area contributed by atoms with Gasteiger partial charge in [0.05, 0.1) is 11.0 Å². The fraction of sp³-hybridized carbons (Fsp3) is 0.500. The molecule has 1 aromatic rings. The molecule has 1 atom stereocenters. The standard InChI is InChI=1S/C12H16BrNO3/c1-8(2)6-9(3)17-12-5-4-10(13)7-11(12)14(15)16/h4-5,7-9H,6H2,1-3H3. The SMILES string of the molecule is CC(C)CC(C)Oc1ccc(Br)cc1[N+](=O)[O-]. The highest BCUT2D eigenvalue weighted by atomic mass is 79.9. The molecule has 0 heterocycles. The molecule has 1 unspecified atom stereocenters. The molecular weight excluding hydrogens is 286 g/mol. The lowest BCUT2D eigenvalue weighted by Crippen LogP contribution is -2.15. The Labute approximate surface area is 109 Å². The molecule has 0 spiro atoms. The average molecular weight is 302 g/mol. The van der Waals surface area contributed by atoms with Crippen LogP contribution in [0.15, 0.2) is 22.7 Å². The van der Waals surface area contributed by atoms with Crippen LogP contribution < -0.4 is 4.74 Å². The molecular formula is C12H16BrNO3. The van der Waals surface area contributed by atoms with Crippen molar-refractivity contribution >= 4 is 21.6 Å². The zero-order chi connectivity index (χ0) is 13.0. The number of halogens is 1. The van der Waals surface area contributed by atoms with Crippen molar-refractivity contribution in [3.63, 3.8) is 0 Å². The van der Waals surface area contributed by atoms with Gasteiger partial charge in [-0.15, -0.1) is 0 Å². The number of rotatable bonds is 5. The number of hydrogen-bond acceptors (Lipinski definition) is 3. The Kier molecular flexibility index (Phi) is 4.93. The first-order chi connectivity index (χ1) is 7.90. The van der Waals surface area contributed by atoms with Crippen molar-refractivity contribution in [3.8, 4) is 5.75 Å². The highest BCUT2D eigenvalue weighted by molar-refractivity contribution is 9.10. The van der Waals surface area contributed by atoms with Gasteiger partial charge in [-0.1, -0.05) is 29.8 Å². The van der Waals surface area contributed by atoms with Crippen LogP contribution in [0.4, 0.5) is 5.69 Å². The van der Waals surface area contributed by atoms with E-state index in [2.05, 4.69) is 29.8 Å². The van der Waals surface area contributed by atoms with Gasteiger partial charge in [0, 0.05) is 10.5 Å². The van der Waals surface area contributed by atoms with Gasteiger partial charge in [-0.3, -0.25) is 10.1 Å². The van der Waals surface area contributed by atoms with Crippen molar-refractivity contribution in [2.45, 2.75) is 33.3 Å². The van der Waals surface area contributed by atoms with E-state index in [0.29, 0.717) is 16.1 Å². The lowest BCUT2D eigenvalue weighted by Gasteiger charge is -2.16. The first-order valence-corrected chi connectivity index (χ1v) is 6.30. The first-order valence-electron chi connectivity index (χ1n) is 5.50. The third kappa shape index (κ3) is 4.34. The molecule has 1 aromatic carbocycles. The summed E-state index contributed by atoms with van der Waals surface area (Å²) in [7, 11) is 0. The minimum Gasteiger partial charge on any atom is -0.484 e. The van der Waals surface area contributed by atoms with Crippen molar-refractivity contribution in [1.82, 2.24) is 0 Å². The van der Waals surface area contributed by atoms with E-state index in [9.17, 15) is 10.1 Å². The number of nitrogens with zero attached hydrogens (tertiary/aromatic N) is 1. The smallest absolute Gasteiger partial charge is 0.312 e. The Morgan fingerprint density at radius 2 is 2.06 bits per heavy atom. The molecule has 0 radical (unpaired) electrons. The van der Waals surface area contributed by atoms with Crippen LogP contribution in [-0.4, -0.2) is 11.0 Å². The normalized spacial score (nSPS) is 12.5. The van der Waals surface area contributed by atoms with Crippen LogP contribution in [0.1, 0.15) is 27.2 Å². The molecule has 0 bridgehead atoms. The summed E-state index contributed by atoms with van der Waals surface area (Å²) < 4.78 is 6.28. The summed E-state index contributed by atoms with van der Waals surface area (Å²) >= 11 is 3.21. The van der Waals surface area contributed by atoms with Crippen molar-refractivity contribution in [2.75, 3.05) is 0 Å². The van der Waals surface area contributed by atoms with Gasteiger partial charge in [-0.2, -0.15) is 0 Å². The van der Waals surface area contributed by atoms with Crippen LogP contribution in [0.5, 0.6) is 5.75 Å². The molecule has 0 fully saturated rings. The Balaban J connectivity index is 2.86. The molecule has 1 rings (SSSR count). The second kappa shape index (κ2) is 6.00. The van der Waals surface area contributed by atoms with Gasteiger partial charge in [0.15, 0.2) is 5.75 Å². The van der Waals surface area contributed by atoms with Crippen LogP contribution in [-0.2, 0) is 0 Å². The number of nitro benzene ring substituents is 1. The van der Waals surface area contributed by atoms with Gasteiger partial charge in [-0.25, -0.2) is 0 Å². The number of benzene rings is 1. The maximum absolute atomic E-state index is 10.9. The number of nitro groups is 1. The second-order valence-electron chi connectivity index (χ2n) is 4.43. The highest BCUT2D eigenvalue weighted by Gasteiger charge is 2.18. The zero-order valence-electron chi connectivity index (χ0n) is 10.1. The van der Waals surface area contributed by atoms with Crippen LogP contribution in [0, 0.1) is 16.0 Å². The minimum absolute atomic E-state index is 0.00465. The molecule has 0 N–H and O–H groups in total. The van der Waals surface area contributed by atoms with E-state index in [1.54, 1.807) is 12.1 Å².